The number of aryl methyl sites for hydroxylation is 1. The molecule has 2 N–H and O–H groups in total. The van der Waals surface area contributed by atoms with Crippen molar-refractivity contribution in [3.8, 4) is 6.07 Å². The second-order valence-electron chi connectivity index (χ2n) is 4.59. The average Bonchev–Trinajstić information content (AvgIpc) is 2.47. The van der Waals surface area contributed by atoms with E-state index in [2.05, 4.69) is 11.4 Å². The molecule has 0 aliphatic heterocycles. The van der Waals surface area contributed by atoms with Crippen LogP contribution < -0.4 is 5.32 Å². The van der Waals surface area contributed by atoms with Gasteiger partial charge in [-0.1, -0.05) is 18.2 Å². The van der Waals surface area contributed by atoms with E-state index in [1.165, 1.54) is 12.1 Å². The molecule has 2 aromatic carbocycles. The summed E-state index contributed by atoms with van der Waals surface area (Å²) in [6.07, 6.45) is -0.735. The fourth-order valence-electron chi connectivity index (χ4n) is 1.89. The third kappa shape index (κ3) is 3.34. The van der Waals surface area contributed by atoms with Crippen molar-refractivity contribution >= 4 is 5.69 Å². The van der Waals surface area contributed by atoms with Crippen molar-refractivity contribution in [1.29, 1.82) is 5.26 Å². The zero-order valence-corrected chi connectivity index (χ0v) is 11.1. The van der Waals surface area contributed by atoms with E-state index in [-0.39, 0.29) is 5.82 Å². The number of nitrogens with zero attached hydrogens (tertiary/aromatic N) is 1. The van der Waals surface area contributed by atoms with E-state index in [1.54, 1.807) is 24.3 Å². The van der Waals surface area contributed by atoms with E-state index in [0.717, 1.165) is 11.3 Å². The van der Waals surface area contributed by atoms with Gasteiger partial charge in [-0.05, 0) is 42.3 Å². The van der Waals surface area contributed by atoms with E-state index in [4.69, 9.17) is 5.26 Å². The number of halogens is 1. The molecule has 1 unspecified atom stereocenters. The molecule has 0 saturated carbocycles. The number of hydrogen-bond acceptors (Lipinski definition) is 3. The van der Waals surface area contributed by atoms with Gasteiger partial charge in [-0.2, -0.15) is 5.26 Å². The van der Waals surface area contributed by atoms with Crippen molar-refractivity contribution in [3.05, 3.63) is 65.0 Å². The SMILES string of the molecule is Cc1ccc(C#N)cc1NCC(O)c1ccc(F)cc1. The Morgan fingerprint density at radius 3 is 2.60 bits per heavy atom. The van der Waals surface area contributed by atoms with E-state index in [0.29, 0.717) is 17.7 Å². The van der Waals surface area contributed by atoms with Gasteiger partial charge in [0.2, 0.25) is 0 Å². The van der Waals surface area contributed by atoms with Gasteiger partial charge in [-0.25, -0.2) is 4.39 Å². The first-order chi connectivity index (χ1) is 9.60. The molecule has 0 fully saturated rings. The van der Waals surface area contributed by atoms with E-state index in [9.17, 15) is 9.50 Å². The standard InChI is InChI=1S/C16H15FN2O/c1-11-2-3-12(9-18)8-15(11)19-10-16(20)13-4-6-14(17)7-5-13/h2-8,16,19-20H,10H2,1H3. The molecule has 2 aromatic rings. The minimum atomic E-state index is -0.735. The monoisotopic (exact) mass is 270 g/mol. The van der Waals surface area contributed by atoms with Crippen LogP contribution in [0, 0.1) is 24.1 Å². The Kier molecular flexibility index (Phi) is 4.34. The molecule has 4 heteroatoms. The van der Waals surface area contributed by atoms with E-state index >= 15 is 0 Å². The average molecular weight is 270 g/mol. The lowest BCUT2D eigenvalue weighted by atomic mass is 10.1. The number of hydrogen-bond donors (Lipinski definition) is 2. The van der Waals surface area contributed by atoms with Crippen molar-refractivity contribution in [2.24, 2.45) is 0 Å². The van der Waals surface area contributed by atoms with Crippen LogP contribution in [0.3, 0.4) is 0 Å². The minimum absolute atomic E-state index is 0.293. The Hall–Kier alpha value is -2.38. The Morgan fingerprint density at radius 2 is 1.95 bits per heavy atom. The smallest absolute Gasteiger partial charge is 0.123 e. The molecule has 1 atom stereocenters. The third-order valence-electron chi connectivity index (χ3n) is 3.11. The lowest BCUT2D eigenvalue weighted by Crippen LogP contribution is -2.13. The molecule has 0 aromatic heterocycles. The van der Waals surface area contributed by atoms with Crippen molar-refractivity contribution in [1.82, 2.24) is 0 Å². The van der Waals surface area contributed by atoms with Crippen LogP contribution in [0.2, 0.25) is 0 Å². The number of aliphatic hydroxyl groups is 1. The summed E-state index contributed by atoms with van der Waals surface area (Å²) < 4.78 is 12.8. The fraction of sp³-hybridized carbons (Fsp3) is 0.188. The van der Waals surface area contributed by atoms with E-state index in [1.807, 2.05) is 13.0 Å². The molecule has 0 heterocycles. The molecule has 102 valence electrons. The Bertz CT molecular complexity index is 632. The molecule has 2 rings (SSSR count). The van der Waals surface area contributed by atoms with Gasteiger partial charge in [0.25, 0.3) is 0 Å². The summed E-state index contributed by atoms with van der Waals surface area (Å²) in [6.45, 7) is 2.22. The quantitative estimate of drug-likeness (QED) is 0.897. The number of rotatable bonds is 4. The highest BCUT2D eigenvalue weighted by Crippen LogP contribution is 2.19. The summed E-state index contributed by atoms with van der Waals surface area (Å²) in [5.41, 5.74) is 3.02. The predicted octanol–water partition coefficient (Wildman–Crippen LogP) is 3.15. The third-order valence-corrected chi connectivity index (χ3v) is 3.11. The first kappa shape index (κ1) is 14.0. The molecule has 0 aliphatic rings. The predicted molar refractivity (Wildman–Crippen MR) is 75.7 cm³/mol. The summed E-state index contributed by atoms with van der Waals surface area (Å²) in [6, 6.07) is 13.2. The molecule has 3 nitrogen and oxygen atoms in total. The molecule has 0 amide bonds. The summed E-state index contributed by atoms with van der Waals surface area (Å²) in [7, 11) is 0. The van der Waals surface area contributed by atoms with Crippen molar-refractivity contribution in [2.75, 3.05) is 11.9 Å². The van der Waals surface area contributed by atoms with Crippen molar-refractivity contribution in [3.63, 3.8) is 0 Å². The first-order valence-electron chi connectivity index (χ1n) is 6.28. The number of nitriles is 1. The van der Waals surface area contributed by atoms with E-state index < -0.39 is 6.10 Å². The van der Waals surface area contributed by atoms with Crippen LogP contribution >= 0.6 is 0 Å². The van der Waals surface area contributed by atoms with Gasteiger partial charge in [-0.15, -0.1) is 0 Å². The number of nitrogens with one attached hydrogen (secondary N) is 1. The van der Waals surface area contributed by atoms with Gasteiger partial charge in [0.1, 0.15) is 5.82 Å². The maximum absolute atomic E-state index is 12.8. The highest BCUT2D eigenvalue weighted by atomic mass is 19.1. The molecule has 0 radical (unpaired) electrons. The van der Waals surface area contributed by atoms with Crippen LogP contribution in [0.15, 0.2) is 42.5 Å². The molecular formula is C16H15FN2O. The lowest BCUT2D eigenvalue weighted by Gasteiger charge is -2.15. The van der Waals surface area contributed by atoms with Gasteiger partial charge < -0.3 is 10.4 Å². The van der Waals surface area contributed by atoms with Gasteiger partial charge in [0.05, 0.1) is 17.7 Å². The maximum atomic E-state index is 12.8. The van der Waals surface area contributed by atoms with Gasteiger partial charge >= 0.3 is 0 Å². The highest BCUT2D eigenvalue weighted by molar-refractivity contribution is 5.55. The maximum Gasteiger partial charge on any atom is 0.123 e. The summed E-state index contributed by atoms with van der Waals surface area (Å²) in [4.78, 5) is 0. The lowest BCUT2D eigenvalue weighted by molar-refractivity contribution is 0.191. The van der Waals surface area contributed by atoms with Crippen LogP contribution in [-0.2, 0) is 0 Å². The molecule has 0 aliphatic carbocycles. The number of benzene rings is 2. The zero-order chi connectivity index (χ0) is 14.5. The van der Waals surface area contributed by atoms with Crippen molar-refractivity contribution < 1.29 is 9.50 Å². The fourth-order valence-corrected chi connectivity index (χ4v) is 1.89. The summed E-state index contributed by atoms with van der Waals surface area (Å²) in [5, 5.41) is 22.0. The summed E-state index contributed by atoms with van der Waals surface area (Å²) in [5.74, 6) is -0.327. The first-order valence-corrected chi connectivity index (χ1v) is 6.28. The van der Waals surface area contributed by atoms with Crippen molar-refractivity contribution in [2.45, 2.75) is 13.0 Å². The van der Waals surface area contributed by atoms with Crippen LogP contribution in [0.5, 0.6) is 0 Å². The Labute approximate surface area is 117 Å². The normalized spacial score (nSPS) is 11.7. The number of anilines is 1. The number of aliphatic hydroxyl groups excluding tert-OH is 1. The minimum Gasteiger partial charge on any atom is -0.387 e. The second-order valence-corrected chi connectivity index (χ2v) is 4.59. The highest BCUT2D eigenvalue weighted by Gasteiger charge is 2.08. The molecule has 0 bridgehead atoms. The van der Waals surface area contributed by atoms with Gasteiger partial charge in [0, 0.05) is 12.2 Å². The second kappa shape index (κ2) is 6.18. The van der Waals surface area contributed by atoms with Gasteiger partial charge in [-0.3, -0.25) is 0 Å². The Morgan fingerprint density at radius 1 is 1.25 bits per heavy atom. The van der Waals surface area contributed by atoms with Crippen LogP contribution in [0.1, 0.15) is 22.8 Å². The van der Waals surface area contributed by atoms with Crippen LogP contribution in [0.4, 0.5) is 10.1 Å². The van der Waals surface area contributed by atoms with Gasteiger partial charge in [0.15, 0.2) is 0 Å². The zero-order valence-electron chi connectivity index (χ0n) is 11.1. The van der Waals surface area contributed by atoms with Crippen LogP contribution in [0.25, 0.3) is 0 Å². The molecule has 0 saturated heterocycles. The van der Waals surface area contributed by atoms with Crippen LogP contribution in [-0.4, -0.2) is 11.7 Å². The molecular weight excluding hydrogens is 255 g/mol. The molecule has 0 spiro atoms. The molecule has 20 heavy (non-hydrogen) atoms. The largest absolute Gasteiger partial charge is 0.387 e. The topological polar surface area (TPSA) is 56.0 Å². The summed E-state index contributed by atoms with van der Waals surface area (Å²) >= 11 is 0. The Balaban J connectivity index is 2.05.